The fourth-order valence-electron chi connectivity index (χ4n) is 3.93. The molecule has 0 N–H and O–H groups in total. The fourth-order valence-corrected chi connectivity index (χ4v) is 3.93. The first-order valence-corrected chi connectivity index (χ1v) is 10.8. The Bertz CT molecular complexity index is 575. The van der Waals surface area contributed by atoms with Gasteiger partial charge in [-0.2, -0.15) is 12.8 Å². The van der Waals surface area contributed by atoms with E-state index in [1.807, 2.05) is 13.8 Å². The van der Waals surface area contributed by atoms with E-state index in [0.717, 1.165) is 12.3 Å². The Morgan fingerprint density at radius 1 is 0.690 bits per heavy atom. The van der Waals surface area contributed by atoms with Crippen molar-refractivity contribution in [3.05, 3.63) is 73.5 Å². The van der Waals surface area contributed by atoms with Gasteiger partial charge in [0.05, 0.1) is 0 Å². The first kappa shape index (κ1) is 31.8. The molecule has 0 spiro atoms. The zero-order valence-electron chi connectivity index (χ0n) is 19.3. The van der Waals surface area contributed by atoms with Crippen LogP contribution in [0.4, 0.5) is 0 Å². The molecule has 3 aliphatic rings. The molecule has 0 saturated heterocycles. The summed E-state index contributed by atoms with van der Waals surface area (Å²) in [6.45, 7) is 6.34. The minimum Gasteiger partial charge on any atom is -0.358 e. The number of benzene rings is 2. The molecule has 2 aromatic carbocycles. The topological polar surface area (TPSA) is 0 Å². The van der Waals surface area contributed by atoms with E-state index in [1.165, 1.54) is 73.6 Å². The number of fused-ring (bicyclic) bond motifs is 3. The van der Waals surface area contributed by atoms with E-state index in [2.05, 4.69) is 61.9 Å². The Morgan fingerprint density at radius 2 is 1.10 bits per heavy atom. The van der Waals surface area contributed by atoms with Crippen LogP contribution in [0.5, 0.6) is 0 Å². The van der Waals surface area contributed by atoms with Gasteiger partial charge in [0.2, 0.25) is 0 Å². The summed E-state index contributed by atoms with van der Waals surface area (Å²) in [6, 6.07) is 17.3. The fraction of sp³-hybridized carbons (Fsp3) is 0.481. The molecule has 156 valence electrons. The largest absolute Gasteiger partial charge is 0.358 e. The van der Waals surface area contributed by atoms with Gasteiger partial charge in [-0.1, -0.05) is 108 Å². The third kappa shape index (κ3) is 11.2. The Labute approximate surface area is 232 Å². The summed E-state index contributed by atoms with van der Waals surface area (Å²) < 4.78 is 0. The average Bonchev–Trinajstić information content (AvgIpc) is 3.46. The molecule has 0 aromatic heterocycles. The monoisotopic (exact) mass is 542 g/mol. The van der Waals surface area contributed by atoms with Crippen LogP contribution < -0.4 is 0 Å². The summed E-state index contributed by atoms with van der Waals surface area (Å²) in [6.07, 6.45) is 15.1. The normalized spacial score (nSPS) is 15.1. The van der Waals surface area contributed by atoms with Crippen molar-refractivity contribution in [1.29, 1.82) is 0 Å². The van der Waals surface area contributed by atoms with Crippen LogP contribution in [0, 0.1) is 19.8 Å². The van der Waals surface area contributed by atoms with Crippen molar-refractivity contribution in [3.8, 4) is 11.1 Å². The van der Waals surface area contributed by atoms with Gasteiger partial charge in [-0.05, 0) is 34.6 Å². The van der Waals surface area contributed by atoms with E-state index in [0.29, 0.717) is 0 Å². The van der Waals surface area contributed by atoms with Gasteiger partial charge in [0, 0.05) is 65.4 Å². The Kier molecular flexibility index (Phi) is 21.2. The zero-order valence-corrected chi connectivity index (χ0v) is 25.0. The SMILES string of the molecule is CC.CC1CCCC1.[CH-]1CCCC1.[CH3-].[Y].[Y].c1ccc2c(c1)Cc1ccccc1-2. The Morgan fingerprint density at radius 3 is 1.41 bits per heavy atom. The summed E-state index contributed by atoms with van der Waals surface area (Å²) in [5.74, 6) is 1.05. The minimum absolute atomic E-state index is 0. The van der Waals surface area contributed by atoms with Gasteiger partial charge in [0.25, 0.3) is 0 Å². The van der Waals surface area contributed by atoms with Crippen LogP contribution in [0.15, 0.2) is 48.5 Å². The molecule has 2 heteroatoms. The van der Waals surface area contributed by atoms with Crippen molar-refractivity contribution in [2.75, 3.05) is 0 Å². The van der Waals surface area contributed by atoms with Crippen molar-refractivity contribution >= 4 is 0 Å². The van der Waals surface area contributed by atoms with E-state index >= 15 is 0 Å². The van der Waals surface area contributed by atoms with Crippen LogP contribution in [0.25, 0.3) is 11.1 Å². The molecule has 29 heavy (non-hydrogen) atoms. The van der Waals surface area contributed by atoms with E-state index in [9.17, 15) is 0 Å². The van der Waals surface area contributed by atoms with Crippen molar-refractivity contribution in [2.45, 2.75) is 78.6 Å². The minimum atomic E-state index is 0. The van der Waals surface area contributed by atoms with Gasteiger partial charge < -0.3 is 13.8 Å². The molecule has 0 atom stereocenters. The first-order valence-electron chi connectivity index (χ1n) is 10.8. The second-order valence-corrected chi connectivity index (χ2v) is 7.45. The van der Waals surface area contributed by atoms with Crippen LogP contribution in [-0.2, 0) is 71.8 Å². The summed E-state index contributed by atoms with van der Waals surface area (Å²) in [4.78, 5) is 0. The summed E-state index contributed by atoms with van der Waals surface area (Å²) in [5.41, 5.74) is 5.75. The van der Waals surface area contributed by atoms with Crippen molar-refractivity contribution in [3.63, 3.8) is 0 Å². The predicted molar refractivity (Wildman–Crippen MR) is 123 cm³/mol. The second-order valence-electron chi connectivity index (χ2n) is 7.45. The third-order valence-corrected chi connectivity index (χ3v) is 5.42. The van der Waals surface area contributed by atoms with Crippen molar-refractivity contribution in [2.24, 2.45) is 5.92 Å². The first-order chi connectivity index (χ1) is 12.8. The molecular weight excluding hydrogens is 502 g/mol. The van der Waals surface area contributed by atoms with Crippen LogP contribution >= 0.6 is 0 Å². The van der Waals surface area contributed by atoms with Gasteiger partial charge in [-0.15, -0.1) is 0 Å². The van der Waals surface area contributed by atoms with Crippen LogP contribution in [-0.4, -0.2) is 0 Å². The van der Waals surface area contributed by atoms with E-state index in [-0.39, 0.29) is 72.8 Å². The maximum absolute atomic E-state index is 2.36. The maximum atomic E-state index is 2.36. The van der Waals surface area contributed by atoms with Crippen molar-refractivity contribution < 1.29 is 65.4 Å². The molecule has 2 radical (unpaired) electrons. The molecule has 0 aliphatic heterocycles. The number of hydrogen-bond acceptors (Lipinski definition) is 0. The van der Waals surface area contributed by atoms with E-state index < -0.39 is 0 Å². The molecule has 0 unspecified atom stereocenters. The van der Waals surface area contributed by atoms with Gasteiger partial charge in [-0.3, -0.25) is 0 Å². The summed E-state index contributed by atoms with van der Waals surface area (Å²) in [5, 5.41) is 0. The van der Waals surface area contributed by atoms with Crippen LogP contribution in [0.2, 0.25) is 0 Å². The molecular formula is C27H40Y2-2. The Hall–Kier alpha value is 0.648. The molecule has 5 rings (SSSR count). The predicted octanol–water partition coefficient (Wildman–Crippen LogP) is 8.69. The van der Waals surface area contributed by atoms with Gasteiger partial charge in [-0.25, -0.2) is 0 Å². The molecule has 0 bridgehead atoms. The Balaban J connectivity index is 0. The van der Waals surface area contributed by atoms with Gasteiger partial charge in [0.1, 0.15) is 0 Å². The second kappa shape index (κ2) is 19.3. The number of rotatable bonds is 0. The molecule has 2 saturated carbocycles. The third-order valence-electron chi connectivity index (χ3n) is 5.42. The van der Waals surface area contributed by atoms with E-state index in [1.54, 1.807) is 0 Å². The zero-order chi connectivity index (χ0) is 18.6. The molecule has 2 aromatic rings. The molecule has 0 amide bonds. The molecule has 0 heterocycles. The van der Waals surface area contributed by atoms with Gasteiger partial charge >= 0.3 is 0 Å². The van der Waals surface area contributed by atoms with Crippen molar-refractivity contribution in [1.82, 2.24) is 0 Å². The van der Waals surface area contributed by atoms with E-state index in [4.69, 9.17) is 0 Å². The number of hydrogen-bond donors (Lipinski definition) is 0. The average molecular weight is 542 g/mol. The molecule has 3 aliphatic carbocycles. The standard InChI is InChI=1S/C13H10.C6H12.C5H9.C2H6.CH3.2Y/c1-3-7-12-10(5-1)9-11-6-2-4-8-13(11)12;1-6-4-2-3-5-6;1-2-4-5-3-1;1-2;;;/h1-8H,9H2;6H,2-5H2,1H3;1H,2-5H2;1-2H3;1H3;;/q;;-1;;-1;;. The molecule has 2 fully saturated rings. The van der Waals surface area contributed by atoms with Crippen LogP contribution in [0.1, 0.15) is 83.3 Å². The maximum Gasteiger partial charge on any atom is 0 e. The summed E-state index contributed by atoms with van der Waals surface area (Å²) >= 11 is 0. The van der Waals surface area contributed by atoms with Crippen LogP contribution in [0.3, 0.4) is 0 Å². The molecule has 0 nitrogen and oxygen atoms in total. The smallest absolute Gasteiger partial charge is 0 e. The summed E-state index contributed by atoms with van der Waals surface area (Å²) in [7, 11) is 0. The van der Waals surface area contributed by atoms with Gasteiger partial charge in [0.15, 0.2) is 0 Å². The quantitative estimate of drug-likeness (QED) is 0.249.